The fourth-order valence-corrected chi connectivity index (χ4v) is 3.49. The minimum atomic E-state index is -4.69. The minimum absolute atomic E-state index is 0.0349. The highest BCUT2D eigenvalue weighted by atomic mass is 32.1. The first-order valence-corrected chi connectivity index (χ1v) is 9.60. The van der Waals surface area contributed by atoms with E-state index in [0.29, 0.717) is 16.1 Å². The van der Waals surface area contributed by atoms with Crippen LogP contribution in [0.25, 0.3) is 33.2 Å². The van der Waals surface area contributed by atoms with Crippen LogP contribution in [0.2, 0.25) is 0 Å². The van der Waals surface area contributed by atoms with Crippen LogP contribution in [0.5, 0.6) is 0 Å². The molecule has 5 nitrogen and oxygen atoms in total. The second-order valence-corrected chi connectivity index (χ2v) is 7.27. The predicted octanol–water partition coefficient (Wildman–Crippen LogP) is 5.79. The molecule has 2 heterocycles. The van der Waals surface area contributed by atoms with Crippen molar-refractivity contribution in [2.24, 2.45) is 0 Å². The van der Waals surface area contributed by atoms with Gasteiger partial charge in [-0.3, -0.25) is 0 Å². The SMILES string of the molecule is O=C(O)c1cc(-c2cccc(-c3nc(-c4nccs4)cc(C(F)(F)F)n3)c2)ccc1F. The van der Waals surface area contributed by atoms with E-state index in [1.54, 1.807) is 17.5 Å². The molecule has 0 aliphatic carbocycles. The van der Waals surface area contributed by atoms with Gasteiger partial charge in [-0.15, -0.1) is 11.3 Å². The lowest BCUT2D eigenvalue weighted by Crippen LogP contribution is -2.10. The monoisotopic (exact) mass is 445 g/mol. The van der Waals surface area contributed by atoms with Crippen molar-refractivity contribution in [2.75, 3.05) is 0 Å². The third-order valence-corrected chi connectivity index (χ3v) is 5.11. The number of halogens is 4. The third-order valence-electron chi connectivity index (χ3n) is 4.32. The highest BCUT2D eigenvalue weighted by molar-refractivity contribution is 7.13. The molecule has 4 rings (SSSR count). The Morgan fingerprint density at radius 3 is 2.39 bits per heavy atom. The van der Waals surface area contributed by atoms with Gasteiger partial charge in [0.25, 0.3) is 0 Å². The summed E-state index contributed by atoms with van der Waals surface area (Å²) >= 11 is 1.15. The normalized spacial score (nSPS) is 11.5. The van der Waals surface area contributed by atoms with Gasteiger partial charge in [0, 0.05) is 17.1 Å². The number of benzene rings is 2. The van der Waals surface area contributed by atoms with E-state index in [2.05, 4.69) is 15.0 Å². The average Bonchev–Trinajstić information content (AvgIpc) is 3.28. The maximum atomic E-state index is 13.7. The van der Waals surface area contributed by atoms with E-state index in [0.717, 1.165) is 29.5 Å². The largest absolute Gasteiger partial charge is 0.478 e. The van der Waals surface area contributed by atoms with Crippen molar-refractivity contribution in [3.05, 3.63) is 77.2 Å². The van der Waals surface area contributed by atoms with Crippen molar-refractivity contribution >= 4 is 17.3 Å². The van der Waals surface area contributed by atoms with E-state index in [4.69, 9.17) is 5.11 Å². The van der Waals surface area contributed by atoms with Gasteiger partial charge in [-0.05, 0) is 35.4 Å². The Kier molecular flexibility index (Phi) is 5.24. The van der Waals surface area contributed by atoms with Gasteiger partial charge in [-0.2, -0.15) is 13.2 Å². The van der Waals surface area contributed by atoms with Crippen molar-refractivity contribution in [1.29, 1.82) is 0 Å². The summed E-state index contributed by atoms with van der Waals surface area (Å²) in [4.78, 5) is 23.1. The molecule has 2 aromatic carbocycles. The first-order valence-electron chi connectivity index (χ1n) is 8.72. The zero-order valence-electron chi connectivity index (χ0n) is 15.4. The molecule has 156 valence electrons. The van der Waals surface area contributed by atoms with Crippen LogP contribution in [0.15, 0.2) is 60.1 Å². The highest BCUT2D eigenvalue weighted by Crippen LogP contribution is 2.33. The van der Waals surface area contributed by atoms with Crippen LogP contribution in [-0.4, -0.2) is 26.0 Å². The molecule has 0 bridgehead atoms. The van der Waals surface area contributed by atoms with E-state index in [1.165, 1.54) is 24.4 Å². The summed E-state index contributed by atoms with van der Waals surface area (Å²) in [5.74, 6) is -2.48. The molecule has 31 heavy (non-hydrogen) atoms. The summed E-state index contributed by atoms with van der Waals surface area (Å²) in [5, 5.41) is 11.1. The molecular weight excluding hydrogens is 434 g/mol. The molecule has 0 spiro atoms. The summed E-state index contributed by atoms with van der Waals surface area (Å²) < 4.78 is 53.9. The van der Waals surface area contributed by atoms with E-state index < -0.39 is 29.2 Å². The van der Waals surface area contributed by atoms with Crippen LogP contribution in [-0.2, 0) is 6.18 Å². The van der Waals surface area contributed by atoms with E-state index in [9.17, 15) is 22.4 Å². The fourth-order valence-electron chi connectivity index (χ4n) is 2.89. The molecule has 10 heteroatoms. The molecule has 0 aliphatic rings. The van der Waals surface area contributed by atoms with E-state index >= 15 is 0 Å². The van der Waals surface area contributed by atoms with E-state index in [-0.39, 0.29) is 17.1 Å². The Balaban J connectivity index is 1.84. The van der Waals surface area contributed by atoms with Crippen molar-refractivity contribution in [2.45, 2.75) is 6.18 Å². The Morgan fingerprint density at radius 1 is 0.968 bits per heavy atom. The molecule has 1 N–H and O–H groups in total. The Labute approximate surface area is 176 Å². The second kappa shape index (κ2) is 7.88. The van der Waals surface area contributed by atoms with Gasteiger partial charge in [0.2, 0.25) is 0 Å². The highest BCUT2D eigenvalue weighted by Gasteiger charge is 2.34. The number of carbonyl (C=O) groups is 1. The molecule has 0 radical (unpaired) electrons. The Bertz CT molecular complexity index is 1270. The number of thiazole rings is 1. The van der Waals surface area contributed by atoms with Gasteiger partial charge in [0.05, 0.1) is 5.56 Å². The standard InChI is InChI=1S/C21H11F4N3O2S/c22-15-5-4-12(9-14(15)20(29)30)11-2-1-3-13(8-11)18-27-16(19-26-6-7-31-19)10-17(28-18)21(23,24)25/h1-10H,(H,29,30). The molecule has 4 aromatic rings. The molecular formula is C21H11F4N3O2S. The Hall–Kier alpha value is -3.66. The van der Waals surface area contributed by atoms with Gasteiger partial charge in [-0.25, -0.2) is 24.1 Å². The topological polar surface area (TPSA) is 76.0 Å². The van der Waals surface area contributed by atoms with Gasteiger partial charge in [0.1, 0.15) is 22.2 Å². The molecule has 0 amide bonds. The Morgan fingerprint density at radius 2 is 1.71 bits per heavy atom. The number of nitrogens with zero attached hydrogens (tertiary/aromatic N) is 3. The molecule has 0 aliphatic heterocycles. The molecule has 2 aromatic heterocycles. The van der Waals surface area contributed by atoms with E-state index in [1.807, 2.05) is 0 Å². The number of hydrogen-bond donors (Lipinski definition) is 1. The number of alkyl halides is 3. The average molecular weight is 445 g/mol. The molecule has 0 saturated heterocycles. The van der Waals surface area contributed by atoms with Crippen molar-refractivity contribution < 1.29 is 27.5 Å². The quantitative estimate of drug-likeness (QED) is 0.403. The smallest absolute Gasteiger partial charge is 0.433 e. The molecule has 0 fully saturated rings. The number of hydrogen-bond acceptors (Lipinski definition) is 5. The van der Waals surface area contributed by atoms with Crippen LogP contribution < -0.4 is 0 Å². The lowest BCUT2D eigenvalue weighted by Gasteiger charge is -2.11. The number of aromatic carboxylic acids is 1. The van der Waals surface area contributed by atoms with Crippen molar-refractivity contribution in [1.82, 2.24) is 15.0 Å². The summed E-state index contributed by atoms with van der Waals surface area (Å²) in [6.45, 7) is 0. The lowest BCUT2D eigenvalue weighted by atomic mass is 10.0. The summed E-state index contributed by atoms with van der Waals surface area (Å²) in [6, 6.07) is 10.6. The van der Waals surface area contributed by atoms with Crippen molar-refractivity contribution in [3.8, 4) is 33.2 Å². The second-order valence-electron chi connectivity index (χ2n) is 6.38. The molecule has 0 unspecified atom stereocenters. The van der Waals surface area contributed by atoms with Gasteiger partial charge < -0.3 is 5.11 Å². The van der Waals surface area contributed by atoms with Crippen molar-refractivity contribution in [3.63, 3.8) is 0 Å². The van der Waals surface area contributed by atoms with Crippen LogP contribution in [0, 0.1) is 5.82 Å². The zero-order valence-corrected chi connectivity index (χ0v) is 16.2. The zero-order chi connectivity index (χ0) is 22.2. The summed E-state index contributed by atoms with van der Waals surface area (Å²) in [6.07, 6.45) is -3.22. The number of carboxylic acids is 1. The maximum Gasteiger partial charge on any atom is 0.433 e. The summed E-state index contributed by atoms with van der Waals surface area (Å²) in [7, 11) is 0. The number of rotatable bonds is 4. The van der Waals surface area contributed by atoms with Crippen LogP contribution in [0.3, 0.4) is 0 Å². The van der Waals surface area contributed by atoms with Crippen LogP contribution in [0.1, 0.15) is 16.1 Å². The number of aromatic nitrogens is 3. The number of carboxylic acid groups (broad SMARTS) is 1. The molecule has 0 atom stereocenters. The lowest BCUT2D eigenvalue weighted by molar-refractivity contribution is -0.141. The molecule has 0 saturated carbocycles. The third kappa shape index (κ3) is 4.29. The minimum Gasteiger partial charge on any atom is -0.478 e. The van der Waals surface area contributed by atoms with Gasteiger partial charge >= 0.3 is 12.1 Å². The van der Waals surface area contributed by atoms with Crippen LogP contribution in [0.4, 0.5) is 17.6 Å². The summed E-state index contributed by atoms with van der Waals surface area (Å²) in [5.41, 5.74) is -0.452. The predicted molar refractivity (Wildman–Crippen MR) is 106 cm³/mol. The fraction of sp³-hybridized carbons (Fsp3) is 0.0476. The first-order chi connectivity index (χ1) is 14.7. The van der Waals surface area contributed by atoms with Gasteiger partial charge in [-0.1, -0.05) is 24.3 Å². The van der Waals surface area contributed by atoms with Gasteiger partial charge in [0.15, 0.2) is 5.82 Å². The maximum absolute atomic E-state index is 13.7. The van der Waals surface area contributed by atoms with Crippen LogP contribution >= 0.6 is 11.3 Å². The first kappa shape index (κ1) is 20.6.